The molecule has 1 aliphatic carbocycles. The number of rotatable bonds is 5. The number of allylic oxidation sites excluding steroid dienone is 2. The maximum atomic E-state index is 14.7. The third-order valence-electron chi connectivity index (χ3n) is 8.53. The zero-order chi connectivity index (χ0) is 32.1. The highest BCUT2D eigenvalue weighted by Gasteiger charge is 2.45. The van der Waals surface area contributed by atoms with E-state index >= 15 is 0 Å². The predicted octanol–water partition coefficient (Wildman–Crippen LogP) is 8.39. The Bertz CT molecular complexity index is 2480. The lowest BCUT2D eigenvalue weighted by Gasteiger charge is -2.35. The Labute approximate surface area is 264 Å². The summed E-state index contributed by atoms with van der Waals surface area (Å²) < 4.78 is 0. The number of nitrogens with zero attached hydrogens (tertiary/aromatic N) is 1. The van der Waals surface area contributed by atoms with Crippen LogP contribution in [0.5, 0.6) is 0 Å². The van der Waals surface area contributed by atoms with Gasteiger partial charge in [-0.3, -0.25) is 19.8 Å². The van der Waals surface area contributed by atoms with Gasteiger partial charge in [-0.05, 0) is 96.5 Å². The first-order valence-electron chi connectivity index (χ1n) is 14.7. The molecule has 7 nitrogen and oxygen atoms in total. The van der Waals surface area contributed by atoms with Crippen molar-refractivity contribution < 1.29 is 14.4 Å². The summed E-state index contributed by atoms with van der Waals surface area (Å²) in [6.07, 6.45) is 0. The van der Waals surface area contributed by atoms with E-state index in [1.54, 1.807) is 12.1 Å². The molecule has 46 heavy (non-hydrogen) atoms. The lowest BCUT2D eigenvalue weighted by atomic mass is 9.66. The van der Waals surface area contributed by atoms with Crippen LogP contribution in [0, 0.1) is 12.0 Å². The molecule has 0 spiro atoms. The van der Waals surface area contributed by atoms with E-state index < -0.39 is 5.92 Å². The van der Waals surface area contributed by atoms with Gasteiger partial charge in [-0.1, -0.05) is 60.7 Å². The zero-order valence-electron chi connectivity index (χ0n) is 25.0. The number of benzene rings is 6. The fourth-order valence-corrected chi connectivity index (χ4v) is 6.64. The standard InChI is InChI=1S/C39H26N4O3/c1-21(44)42-31-14-12-27-16-23-8-4-6-10-25(23)18-29(27)34(31)37-36(33(20-40)41-3)38(39(37)46)35-30-19-26-11-7-5-9-24(26)17-28(30)13-15-32(35)43-22(2)45/h4-19,37,40H,1-2H3,(H,42,44)(H,43,45). The van der Waals surface area contributed by atoms with Gasteiger partial charge in [-0.15, -0.1) is 0 Å². The first-order valence-corrected chi connectivity index (χ1v) is 14.7. The van der Waals surface area contributed by atoms with Crippen molar-refractivity contribution in [3.05, 3.63) is 131 Å². The van der Waals surface area contributed by atoms with Crippen LogP contribution in [0.15, 0.2) is 108 Å². The van der Waals surface area contributed by atoms with Gasteiger partial charge in [0.1, 0.15) is 0 Å². The van der Waals surface area contributed by atoms with E-state index in [9.17, 15) is 14.4 Å². The normalized spacial score (nSPS) is 14.2. The minimum atomic E-state index is -0.968. The quantitative estimate of drug-likeness (QED) is 0.105. The maximum absolute atomic E-state index is 14.7. The van der Waals surface area contributed by atoms with E-state index in [4.69, 9.17) is 12.0 Å². The Morgan fingerprint density at radius 1 is 0.717 bits per heavy atom. The van der Waals surface area contributed by atoms with Gasteiger partial charge in [0.2, 0.25) is 11.8 Å². The van der Waals surface area contributed by atoms with Crippen LogP contribution >= 0.6 is 0 Å². The summed E-state index contributed by atoms with van der Waals surface area (Å²) in [6, 6.07) is 31.1. The fourth-order valence-electron chi connectivity index (χ4n) is 6.64. The summed E-state index contributed by atoms with van der Waals surface area (Å²) in [5, 5.41) is 21.0. The molecule has 0 saturated heterocycles. The van der Waals surface area contributed by atoms with Crippen molar-refractivity contribution in [3.8, 4) is 0 Å². The highest BCUT2D eigenvalue weighted by Crippen LogP contribution is 2.54. The summed E-state index contributed by atoms with van der Waals surface area (Å²) >= 11 is 0. The minimum Gasteiger partial charge on any atom is -0.326 e. The van der Waals surface area contributed by atoms with Crippen LogP contribution in [-0.4, -0.2) is 23.5 Å². The van der Waals surface area contributed by atoms with Crippen LogP contribution in [0.1, 0.15) is 30.9 Å². The SMILES string of the molecule is [C-]#[N+]C(=C=N)C1=C(c2c(NC(C)=O)ccc3cc4ccccc4cc23)C(=O)C1c1c(NC(C)=O)ccc2cc3ccccc3cc12. The van der Waals surface area contributed by atoms with Crippen molar-refractivity contribution >= 4 is 83.5 Å². The Balaban J connectivity index is 1.59. The molecule has 1 aliphatic rings. The number of ketones is 1. The van der Waals surface area contributed by atoms with Gasteiger partial charge in [0.15, 0.2) is 5.78 Å². The van der Waals surface area contributed by atoms with Crippen molar-refractivity contribution in [1.29, 1.82) is 5.41 Å². The van der Waals surface area contributed by atoms with Gasteiger partial charge in [-0.2, -0.15) is 0 Å². The molecular weight excluding hydrogens is 572 g/mol. The summed E-state index contributed by atoms with van der Waals surface area (Å²) in [6.45, 7) is 10.8. The van der Waals surface area contributed by atoms with Crippen LogP contribution in [-0.2, 0) is 14.4 Å². The topological polar surface area (TPSA) is 103 Å². The van der Waals surface area contributed by atoms with Crippen LogP contribution < -0.4 is 10.6 Å². The number of amides is 2. The van der Waals surface area contributed by atoms with E-state index in [-0.39, 0.29) is 28.9 Å². The van der Waals surface area contributed by atoms with E-state index in [1.165, 1.54) is 13.8 Å². The van der Waals surface area contributed by atoms with Crippen molar-refractivity contribution in [2.75, 3.05) is 10.6 Å². The van der Waals surface area contributed by atoms with Gasteiger partial charge < -0.3 is 10.6 Å². The summed E-state index contributed by atoms with van der Waals surface area (Å²) in [4.78, 5) is 43.1. The number of Topliss-reactive ketones (excluding diaryl/α,β-unsaturated/α-hetero) is 1. The monoisotopic (exact) mass is 598 g/mol. The minimum absolute atomic E-state index is 0.113. The van der Waals surface area contributed by atoms with E-state index in [2.05, 4.69) is 21.3 Å². The van der Waals surface area contributed by atoms with Crippen molar-refractivity contribution in [2.45, 2.75) is 19.8 Å². The molecule has 0 aliphatic heterocycles. The number of fused-ring (bicyclic) bond motifs is 4. The molecule has 0 radical (unpaired) electrons. The van der Waals surface area contributed by atoms with Gasteiger partial charge in [0.05, 0.1) is 12.5 Å². The number of anilines is 2. The molecule has 220 valence electrons. The largest absolute Gasteiger partial charge is 0.326 e. The molecular formula is C39H26N4O3. The summed E-state index contributed by atoms with van der Waals surface area (Å²) in [7, 11) is 0. The lowest BCUT2D eigenvalue weighted by Crippen LogP contribution is -2.31. The van der Waals surface area contributed by atoms with Crippen LogP contribution in [0.3, 0.4) is 0 Å². The number of carbonyl (C=O) groups is 3. The van der Waals surface area contributed by atoms with E-state index in [0.29, 0.717) is 28.1 Å². The van der Waals surface area contributed by atoms with Crippen molar-refractivity contribution in [2.24, 2.45) is 0 Å². The maximum Gasteiger partial charge on any atom is 0.251 e. The second kappa shape index (κ2) is 11.0. The second-order valence-corrected chi connectivity index (χ2v) is 11.4. The number of carbonyl (C=O) groups excluding carboxylic acids is 3. The lowest BCUT2D eigenvalue weighted by molar-refractivity contribution is -0.116. The summed E-state index contributed by atoms with van der Waals surface area (Å²) in [5.74, 6) is 0.407. The number of nitrogens with one attached hydrogen (secondary N) is 3. The first-order chi connectivity index (χ1) is 22.3. The van der Waals surface area contributed by atoms with Gasteiger partial charge in [-0.25, -0.2) is 4.85 Å². The first kappa shape index (κ1) is 28.4. The number of hydrogen-bond donors (Lipinski definition) is 3. The Morgan fingerprint density at radius 2 is 1.22 bits per heavy atom. The van der Waals surface area contributed by atoms with Crippen LogP contribution in [0.2, 0.25) is 0 Å². The van der Waals surface area contributed by atoms with E-state index in [1.807, 2.05) is 84.9 Å². The molecule has 1 atom stereocenters. The number of hydrogen-bond acceptors (Lipinski definition) is 4. The fraction of sp³-hybridized carbons (Fsp3) is 0.0769. The second-order valence-electron chi connectivity index (χ2n) is 11.4. The predicted molar refractivity (Wildman–Crippen MR) is 184 cm³/mol. The van der Waals surface area contributed by atoms with Gasteiger partial charge >= 0.3 is 0 Å². The van der Waals surface area contributed by atoms with Crippen molar-refractivity contribution in [1.82, 2.24) is 0 Å². The molecule has 0 saturated carbocycles. The third kappa shape index (κ3) is 4.53. The average Bonchev–Trinajstić information content (AvgIpc) is 3.04. The Hall–Kier alpha value is -6.35. The van der Waals surface area contributed by atoms with Crippen LogP contribution in [0.25, 0.3) is 53.5 Å². The Kier molecular flexibility index (Phi) is 6.78. The molecule has 2 amide bonds. The smallest absolute Gasteiger partial charge is 0.251 e. The van der Waals surface area contributed by atoms with E-state index in [0.717, 1.165) is 43.1 Å². The summed E-state index contributed by atoms with van der Waals surface area (Å²) in [5.41, 5.74) is 2.36. The van der Waals surface area contributed by atoms with Crippen molar-refractivity contribution in [3.63, 3.8) is 0 Å². The molecule has 1 unspecified atom stereocenters. The Morgan fingerprint density at radius 3 is 1.76 bits per heavy atom. The molecule has 0 aromatic heterocycles. The highest BCUT2D eigenvalue weighted by molar-refractivity contribution is 6.38. The van der Waals surface area contributed by atoms with Crippen LogP contribution in [0.4, 0.5) is 11.4 Å². The molecule has 0 heterocycles. The average molecular weight is 599 g/mol. The molecule has 7 rings (SSSR count). The van der Waals surface area contributed by atoms with Gasteiger partial charge in [0, 0.05) is 36.4 Å². The molecule has 0 bridgehead atoms. The molecule has 7 heteroatoms. The van der Waals surface area contributed by atoms with Gasteiger partial charge in [0.25, 0.3) is 5.70 Å². The molecule has 6 aromatic rings. The third-order valence-corrected chi connectivity index (χ3v) is 8.53. The molecule has 6 aromatic carbocycles. The molecule has 3 N–H and O–H groups in total. The molecule has 0 fully saturated rings. The highest BCUT2D eigenvalue weighted by atomic mass is 16.2. The zero-order valence-corrected chi connectivity index (χ0v) is 25.0.